The molecule has 9 aromatic rings. The predicted octanol–water partition coefficient (Wildman–Crippen LogP) is 14.9. The lowest BCUT2D eigenvalue weighted by Crippen LogP contribution is -2.10. The van der Waals surface area contributed by atoms with Gasteiger partial charge < -0.3 is 4.90 Å². The molecule has 0 aliphatic rings. The van der Waals surface area contributed by atoms with E-state index < -0.39 is 0 Å². The van der Waals surface area contributed by atoms with Crippen LogP contribution in [0, 0.1) is 0 Å². The molecule has 0 N–H and O–H groups in total. The zero-order valence-electron chi connectivity index (χ0n) is 28.3. The van der Waals surface area contributed by atoms with Crippen molar-refractivity contribution in [3.63, 3.8) is 0 Å². The first-order valence-electron chi connectivity index (χ1n) is 17.4. The summed E-state index contributed by atoms with van der Waals surface area (Å²) in [7, 11) is 0. The molecule has 0 atom stereocenters. The van der Waals surface area contributed by atoms with E-state index >= 15 is 0 Å². The third-order valence-corrected chi connectivity index (χ3v) is 11.9. The van der Waals surface area contributed by atoms with Crippen molar-refractivity contribution in [2.24, 2.45) is 0 Å². The summed E-state index contributed by atoms with van der Waals surface area (Å²) in [5.74, 6) is 0. The fourth-order valence-corrected chi connectivity index (χ4v) is 9.58. The number of hydrogen-bond acceptors (Lipinski definition) is 3. The fourth-order valence-electron chi connectivity index (χ4n) is 7.20. The van der Waals surface area contributed by atoms with Crippen LogP contribution in [0.3, 0.4) is 0 Å². The van der Waals surface area contributed by atoms with E-state index in [-0.39, 0.29) is 0 Å². The van der Waals surface area contributed by atoms with Crippen LogP contribution in [0.15, 0.2) is 182 Å². The van der Waals surface area contributed by atoms with Crippen LogP contribution in [-0.4, -0.2) is 0 Å². The zero-order chi connectivity index (χ0) is 34.1. The van der Waals surface area contributed by atoms with Crippen molar-refractivity contribution in [3.8, 4) is 22.3 Å². The smallest absolute Gasteiger partial charge is 0.0555 e. The molecule has 0 bridgehead atoms. The summed E-state index contributed by atoms with van der Waals surface area (Å²) in [5, 5.41) is 5.16. The molecule has 51 heavy (non-hydrogen) atoms. The summed E-state index contributed by atoms with van der Waals surface area (Å²) < 4.78 is 5.22. The second-order valence-corrected chi connectivity index (χ2v) is 15.0. The van der Waals surface area contributed by atoms with Gasteiger partial charge in [-0.3, -0.25) is 0 Å². The van der Waals surface area contributed by atoms with Gasteiger partial charge in [0.2, 0.25) is 0 Å². The van der Waals surface area contributed by atoms with Gasteiger partial charge >= 0.3 is 0 Å². The summed E-state index contributed by atoms with van der Waals surface area (Å²) in [5.41, 5.74) is 9.78. The Morgan fingerprint density at radius 3 is 2.12 bits per heavy atom. The van der Waals surface area contributed by atoms with Gasteiger partial charge in [0, 0.05) is 51.7 Å². The normalized spacial score (nSPS) is 11.9. The Bertz CT molecular complexity index is 2730. The molecule has 244 valence electrons. The molecule has 0 spiro atoms. The van der Waals surface area contributed by atoms with E-state index in [1.807, 2.05) is 22.7 Å². The minimum absolute atomic E-state index is 0.869. The van der Waals surface area contributed by atoms with E-state index in [4.69, 9.17) is 0 Å². The van der Waals surface area contributed by atoms with Crippen LogP contribution in [0.25, 0.3) is 62.6 Å². The summed E-state index contributed by atoms with van der Waals surface area (Å²) in [4.78, 5) is 2.48. The van der Waals surface area contributed by atoms with Crippen LogP contribution < -0.4 is 4.90 Å². The van der Waals surface area contributed by atoms with Crippen LogP contribution in [0.2, 0.25) is 0 Å². The van der Waals surface area contributed by atoms with Crippen molar-refractivity contribution in [3.05, 3.63) is 188 Å². The molecule has 2 heterocycles. The van der Waals surface area contributed by atoms with E-state index in [0.717, 1.165) is 17.8 Å². The SMILES string of the molecule is C/C=C\C=C/Cc1cccc(N(c2ccc3sc4cc(-c5ccccc5)ccc4c3c2)c2ccc(-c3ccccc3)c3sc4ccccc4c23)c1. The van der Waals surface area contributed by atoms with Gasteiger partial charge in [-0.1, -0.05) is 133 Å². The zero-order valence-corrected chi connectivity index (χ0v) is 29.9. The molecular weight excluding hydrogens is 655 g/mol. The maximum Gasteiger partial charge on any atom is 0.0555 e. The lowest BCUT2D eigenvalue weighted by atomic mass is 9.99. The molecule has 0 fully saturated rings. The van der Waals surface area contributed by atoms with Gasteiger partial charge in [0.1, 0.15) is 0 Å². The van der Waals surface area contributed by atoms with E-state index in [1.54, 1.807) is 0 Å². The Morgan fingerprint density at radius 1 is 0.510 bits per heavy atom. The first kappa shape index (κ1) is 31.3. The van der Waals surface area contributed by atoms with Crippen LogP contribution in [-0.2, 0) is 6.42 Å². The average molecular weight is 690 g/mol. The van der Waals surface area contributed by atoms with E-state index in [2.05, 4.69) is 194 Å². The molecule has 0 unspecified atom stereocenters. The highest BCUT2D eigenvalue weighted by molar-refractivity contribution is 7.26. The molecule has 0 saturated carbocycles. The number of benzene rings is 7. The topological polar surface area (TPSA) is 3.24 Å². The van der Waals surface area contributed by atoms with Crippen molar-refractivity contribution >= 4 is 80.1 Å². The first-order valence-corrected chi connectivity index (χ1v) is 19.1. The summed E-state index contributed by atoms with van der Waals surface area (Å²) in [6.45, 7) is 2.05. The largest absolute Gasteiger partial charge is 0.310 e. The Balaban J connectivity index is 1.27. The number of fused-ring (bicyclic) bond motifs is 6. The third-order valence-electron chi connectivity index (χ3n) is 9.61. The lowest BCUT2D eigenvalue weighted by Gasteiger charge is -2.27. The van der Waals surface area contributed by atoms with Crippen LogP contribution >= 0.6 is 22.7 Å². The molecule has 3 heteroatoms. The monoisotopic (exact) mass is 689 g/mol. The molecule has 0 aliphatic carbocycles. The van der Waals surface area contributed by atoms with Gasteiger partial charge in [-0.15, -0.1) is 22.7 Å². The molecule has 0 saturated heterocycles. The highest BCUT2D eigenvalue weighted by Crippen LogP contribution is 2.49. The second kappa shape index (κ2) is 13.5. The van der Waals surface area contributed by atoms with Gasteiger partial charge in [0.05, 0.1) is 5.69 Å². The minimum Gasteiger partial charge on any atom is -0.310 e. The molecule has 7 aromatic carbocycles. The van der Waals surface area contributed by atoms with Gasteiger partial charge in [-0.25, -0.2) is 0 Å². The van der Waals surface area contributed by atoms with Crippen molar-refractivity contribution in [2.45, 2.75) is 13.3 Å². The third kappa shape index (κ3) is 5.85. The van der Waals surface area contributed by atoms with Gasteiger partial charge in [0.25, 0.3) is 0 Å². The Morgan fingerprint density at radius 2 is 1.27 bits per heavy atom. The van der Waals surface area contributed by atoms with Crippen molar-refractivity contribution < 1.29 is 0 Å². The average Bonchev–Trinajstić information content (AvgIpc) is 3.76. The van der Waals surface area contributed by atoms with Gasteiger partial charge in [0.15, 0.2) is 0 Å². The molecule has 0 amide bonds. The number of rotatable bonds is 8. The quantitative estimate of drug-likeness (QED) is 0.144. The molecule has 1 nitrogen and oxygen atoms in total. The van der Waals surface area contributed by atoms with Gasteiger partial charge in [-0.05, 0) is 89.7 Å². The fraction of sp³-hybridized carbons (Fsp3) is 0.0417. The maximum absolute atomic E-state index is 2.48. The second-order valence-electron chi connectivity index (χ2n) is 12.8. The maximum atomic E-state index is 2.48. The summed E-state index contributed by atoms with van der Waals surface area (Å²) in [6, 6.07) is 58.0. The van der Waals surface area contributed by atoms with Crippen LogP contribution in [0.5, 0.6) is 0 Å². The van der Waals surface area contributed by atoms with Crippen molar-refractivity contribution in [2.75, 3.05) is 4.90 Å². The summed E-state index contributed by atoms with van der Waals surface area (Å²) >= 11 is 3.76. The van der Waals surface area contributed by atoms with Crippen molar-refractivity contribution in [1.29, 1.82) is 0 Å². The van der Waals surface area contributed by atoms with Crippen LogP contribution in [0.1, 0.15) is 12.5 Å². The van der Waals surface area contributed by atoms with Gasteiger partial charge in [-0.2, -0.15) is 0 Å². The molecule has 0 radical (unpaired) electrons. The standard InChI is InChI=1S/C48H35NS2/c1-2-3-4-7-15-33-16-14-21-37(30-33)49(38-25-29-45-42(32-38)40-26-24-36(31-46(40)50-45)34-17-8-5-9-18-34)43-28-27-39(35-19-10-6-11-20-35)48-47(43)41-22-12-13-23-44(41)51-48/h2-14,16-32H,15H2,1H3/b3-2-,7-4-. The Hall–Kier alpha value is -5.74. The van der Waals surface area contributed by atoms with E-state index in [0.29, 0.717) is 0 Å². The number of hydrogen-bond donors (Lipinski definition) is 0. The van der Waals surface area contributed by atoms with Crippen LogP contribution in [0.4, 0.5) is 17.1 Å². The molecule has 9 rings (SSSR count). The number of anilines is 3. The number of nitrogens with zero attached hydrogens (tertiary/aromatic N) is 1. The number of thiophene rings is 2. The number of allylic oxidation sites excluding steroid dienone is 4. The first-order chi connectivity index (χ1) is 25.2. The van der Waals surface area contributed by atoms with E-state index in [9.17, 15) is 0 Å². The highest BCUT2D eigenvalue weighted by atomic mass is 32.1. The van der Waals surface area contributed by atoms with E-state index in [1.165, 1.54) is 73.8 Å². The Kier molecular flexibility index (Phi) is 8.29. The summed E-state index contributed by atoms with van der Waals surface area (Å²) in [6.07, 6.45) is 9.39. The minimum atomic E-state index is 0.869. The highest BCUT2D eigenvalue weighted by Gasteiger charge is 2.22. The predicted molar refractivity (Wildman–Crippen MR) is 225 cm³/mol. The molecular formula is C48H35NS2. The lowest BCUT2D eigenvalue weighted by molar-refractivity contribution is 1.24. The van der Waals surface area contributed by atoms with Crippen molar-refractivity contribution in [1.82, 2.24) is 0 Å². The Labute approximate surface area is 306 Å². The molecule has 2 aromatic heterocycles. The molecule has 0 aliphatic heterocycles.